The Morgan fingerprint density at radius 2 is 1.82 bits per heavy atom. The number of amides is 2. The van der Waals surface area contributed by atoms with Crippen LogP contribution in [-0.2, 0) is 16.0 Å². The van der Waals surface area contributed by atoms with Crippen LogP contribution in [0.25, 0.3) is 0 Å². The van der Waals surface area contributed by atoms with Crippen LogP contribution in [0.5, 0.6) is 0 Å². The van der Waals surface area contributed by atoms with Gasteiger partial charge in [0, 0.05) is 23.8 Å². The van der Waals surface area contributed by atoms with Gasteiger partial charge in [-0.25, -0.2) is 0 Å². The van der Waals surface area contributed by atoms with Gasteiger partial charge < -0.3 is 10.2 Å². The van der Waals surface area contributed by atoms with Gasteiger partial charge in [0.1, 0.15) is 6.04 Å². The van der Waals surface area contributed by atoms with Crippen LogP contribution in [0.15, 0.2) is 54.6 Å². The number of likely N-dealkylation sites (N-methyl/N-ethyl adjacent to an activating group) is 1. The van der Waals surface area contributed by atoms with Gasteiger partial charge in [0.05, 0.1) is 6.42 Å². The minimum atomic E-state index is -0.580. The van der Waals surface area contributed by atoms with Crippen molar-refractivity contribution in [3.63, 3.8) is 0 Å². The summed E-state index contributed by atoms with van der Waals surface area (Å²) in [4.78, 5) is 28.8. The molecular formula is C21H22ClN3O2S. The van der Waals surface area contributed by atoms with Crippen molar-refractivity contribution >= 4 is 46.4 Å². The van der Waals surface area contributed by atoms with E-state index in [1.807, 2.05) is 42.2 Å². The van der Waals surface area contributed by atoms with Crippen LogP contribution in [0.3, 0.4) is 0 Å². The number of halogens is 1. The Hall–Kier alpha value is -2.44. The lowest BCUT2D eigenvalue weighted by Crippen LogP contribution is -2.39. The fourth-order valence-corrected chi connectivity index (χ4v) is 3.81. The number of anilines is 1. The molecule has 1 aliphatic rings. The largest absolute Gasteiger partial charge is 0.336 e. The highest BCUT2D eigenvalue weighted by Gasteiger charge is 2.42. The van der Waals surface area contributed by atoms with Crippen LogP contribution in [-0.4, -0.2) is 45.9 Å². The molecule has 0 aromatic heterocycles. The minimum absolute atomic E-state index is 0.0485. The molecule has 2 amide bonds. The van der Waals surface area contributed by atoms with E-state index in [0.717, 1.165) is 12.0 Å². The van der Waals surface area contributed by atoms with E-state index in [1.165, 1.54) is 0 Å². The number of nitrogens with zero attached hydrogens (tertiary/aromatic N) is 2. The summed E-state index contributed by atoms with van der Waals surface area (Å²) in [6.45, 7) is 2.97. The number of carbonyl (C=O) groups is 2. The van der Waals surface area contributed by atoms with E-state index >= 15 is 0 Å². The van der Waals surface area contributed by atoms with E-state index in [-0.39, 0.29) is 18.2 Å². The van der Waals surface area contributed by atoms with Gasteiger partial charge in [-0.2, -0.15) is 0 Å². The number of rotatable bonds is 7. The SMILES string of the molecule is CCN1C(=O)[C@@H](CC(=O)Nc2ccc(Cl)cc2)N(CCc2ccccc2)C1=S. The Morgan fingerprint density at radius 1 is 1.14 bits per heavy atom. The van der Waals surface area contributed by atoms with Crippen LogP contribution in [0, 0.1) is 0 Å². The summed E-state index contributed by atoms with van der Waals surface area (Å²) < 4.78 is 0. The molecule has 0 bridgehead atoms. The number of carbonyl (C=O) groups excluding carboxylic acids is 2. The highest BCUT2D eigenvalue weighted by Crippen LogP contribution is 2.22. The number of benzene rings is 2. The molecule has 5 nitrogen and oxygen atoms in total. The van der Waals surface area contributed by atoms with Gasteiger partial charge in [-0.15, -0.1) is 0 Å². The molecule has 2 aromatic rings. The van der Waals surface area contributed by atoms with Crippen molar-refractivity contribution in [3.8, 4) is 0 Å². The van der Waals surface area contributed by atoms with Gasteiger partial charge in [0.2, 0.25) is 5.91 Å². The fourth-order valence-electron chi connectivity index (χ4n) is 3.25. The molecule has 146 valence electrons. The van der Waals surface area contributed by atoms with Gasteiger partial charge in [0.15, 0.2) is 5.11 Å². The molecule has 28 heavy (non-hydrogen) atoms. The highest BCUT2D eigenvalue weighted by molar-refractivity contribution is 7.80. The summed E-state index contributed by atoms with van der Waals surface area (Å²) in [5.41, 5.74) is 1.81. The lowest BCUT2D eigenvalue weighted by molar-refractivity contribution is -0.130. The van der Waals surface area contributed by atoms with Crippen LogP contribution < -0.4 is 5.32 Å². The van der Waals surface area contributed by atoms with Crippen molar-refractivity contribution in [2.45, 2.75) is 25.8 Å². The molecule has 1 aliphatic heterocycles. The van der Waals surface area contributed by atoms with E-state index in [1.54, 1.807) is 29.2 Å². The van der Waals surface area contributed by atoms with E-state index in [0.29, 0.717) is 28.9 Å². The van der Waals surface area contributed by atoms with Gasteiger partial charge in [-0.3, -0.25) is 14.5 Å². The van der Waals surface area contributed by atoms with Crippen molar-refractivity contribution in [1.82, 2.24) is 9.80 Å². The second-order valence-corrected chi connectivity index (χ2v) is 7.37. The van der Waals surface area contributed by atoms with Crippen LogP contribution in [0.4, 0.5) is 5.69 Å². The van der Waals surface area contributed by atoms with Crippen molar-refractivity contribution in [1.29, 1.82) is 0 Å². The Bertz CT molecular complexity index is 858. The molecule has 1 atom stereocenters. The number of hydrogen-bond donors (Lipinski definition) is 1. The molecule has 1 saturated heterocycles. The van der Waals surface area contributed by atoms with Crippen molar-refractivity contribution < 1.29 is 9.59 Å². The molecule has 0 radical (unpaired) electrons. The quantitative estimate of drug-likeness (QED) is 0.700. The molecule has 0 unspecified atom stereocenters. The Morgan fingerprint density at radius 3 is 2.46 bits per heavy atom. The summed E-state index contributed by atoms with van der Waals surface area (Å²) in [5.74, 6) is -0.349. The zero-order valence-corrected chi connectivity index (χ0v) is 17.2. The van der Waals surface area contributed by atoms with Gasteiger partial charge in [-0.1, -0.05) is 41.9 Å². The predicted molar refractivity (Wildman–Crippen MR) is 115 cm³/mol. The molecule has 0 aliphatic carbocycles. The maximum absolute atomic E-state index is 12.8. The summed E-state index contributed by atoms with van der Waals surface area (Å²) in [6, 6.07) is 16.3. The zero-order valence-electron chi connectivity index (χ0n) is 15.6. The highest BCUT2D eigenvalue weighted by atomic mass is 35.5. The third kappa shape index (κ3) is 4.69. The molecular weight excluding hydrogens is 394 g/mol. The Labute approximate surface area is 175 Å². The lowest BCUT2D eigenvalue weighted by atomic mass is 10.1. The molecule has 7 heteroatoms. The molecule has 3 rings (SSSR count). The summed E-state index contributed by atoms with van der Waals surface area (Å²) >= 11 is 11.4. The molecule has 0 saturated carbocycles. The molecule has 1 heterocycles. The minimum Gasteiger partial charge on any atom is -0.336 e. The average molecular weight is 416 g/mol. The van der Waals surface area contributed by atoms with Gasteiger partial charge in [-0.05, 0) is 55.4 Å². The molecule has 2 aromatic carbocycles. The number of nitrogens with one attached hydrogen (secondary N) is 1. The zero-order chi connectivity index (χ0) is 20.1. The normalized spacial score (nSPS) is 16.6. The third-order valence-electron chi connectivity index (χ3n) is 4.71. The predicted octanol–water partition coefficient (Wildman–Crippen LogP) is 3.73. The van der Waals surface area contributed by atoms with Crippen molar-refractivity contribution in [2.24, 2.45) is 0 Å². The second kappa shape index (κ2) is 9.17. The lowest BCUT2D eigenvalue weighted by Gasteiger charge is -2.23. The smallest absolute Gasteiger partial charge is 0.252 e. The van der Waals surface area contributed by atoms with Crippen LogP contribution >= 0.6 is 23.8 Å². The first-order valence-electron chi connectivity index (χ1n) is 9.21. The first kappa shape index (κ1) is 20.3. The first-order valence-corrected chi connectivity index (χ1v) is 9.99. The van der Waals surface area contributed by atoms with Gasteiger partial charge >= 0.3 is 0 Å². The summed E-state index contributed by atoms with van der Waals surface area (Å²) in [7, 11) is 0. The van der Waals surface area contributed by atoms with E-state index in [9.17, 15) is 9.59 Å². The fraction of sp³-hybridized carbons (Fsp3) is 0.286. The van der Waals surface area contributed by atoms with E-state index < -0.39 is 6.04 Å². The first-order chi connectivity index (χ1) is 13.5. The maximum atomic E-state index is 12.8. The van der Waals surface area contributed by atoms with Gasteiger partial charge in [0.25, 0.3) is 5.91 Å². The van der Waals surface area contributed by atoms with Crippen molar-refractivity contribution in [3.05, 3.63) is 65.2 Å². The average Bonchev–Trinajstić information content (AvgIpc) is 2.92. The van der Waals surface area contributed by atoms with Crippen LogP contribution in [0.2, 0.25) is 5.02 Å². The number of hydrogen-bond acceptors (Lipinski definition) is 3. The third-order valence-corrected chi connectivity index (χ3v) is 5.42. The molecule has 1 fully saturated rings. The molecule has 1 N–H and O–H groups in total. The summed E-state index contributed by atoms with van der Waals surface area (Å²) in [5, 5.41) is 3.91. The molecule has 0 spiro atoms. The maximum Gasteiger partial charge on any atom is 0.252 e. The number of thiocarbonyl (C=S) groups is 1. The van der Waals surface area contributed by atoms with E-state index in [2.05, 4.69) is 5.32 Å². The van der Waals surface area contributed by atoms with E-state index in [4.69, 9.17) is 23.8 Å². The van der Waals surface area contributed by atoms with Crippen molar-refractivity contribution in [2.75, 3.05) is 18.4 Å². The second-order valence-electron chi connectivity index (χ2n) is 6.57. The monoisotopic (exact) mass is 415 g/mol. The standard InChI is InChI=1S/C21H22ClN3O2S/c1-2-24-20(27)18(14-19(26)23-17-10-8-16(22)9-11-17)25(21(24)28)13-12-15-6-4-3-5-7-15/h3-11,18H,2,12-14H2,1H3,(H,23,26)/t18-/m1/s1. The van der Waals surface area contributed by atoms with Crippen LogP contribution in [0.1, 0.15) is 18.9 Å². The Balaban J connectivity index is 1.69. The Kier molecular flexibility index (Phi) is 6.65. The topological polar surface area (TPSA) is 52.7 Å². The summed E-state index contributed by atoms with van der Waals surface area (Å²) in [6.07, 6.45) is 0.800.